The number of aliphatic hydroxyl groups excluding tert-OH is 5. The largest absolute Gasteiger partial charge is 0.466 e. The van der Waals surface area contributed by atoms with Gasteiger partial charge in [0, 0.05) is 12.8 Å². The van der Waals surface area contributed by atoms with Crippen LogP contribution in [-0.2, 0) is 23.8 Å². The molecule has 0 aromatic heterocycles. The van der Waals surface area contributed by atoms with Gasteiger partial charge < -0.3 is 45.1 Å². The molecule has 11 nitrogen and oxygen atoms in total. The number of hydrogen-bond donors (Lipinski definition) is 6. The minimum absolute atomic E-state index is 0.00241. The number of nitrogens with one attached hydrogen (secondary N) is 1. The Morgan fingerprint density at radius 1 is 0.462 bits per heavy atom. The van der Waals surface area contributed by atoms with Crippen molar-refractivity contribution in [2.75, 3.05) is 19.8 Å². The van der Waals surface area contributed by atoms with Crippen LogP contribution in [0.1, 0.15) is 316 Å². The predicted octanol–water partition coefficient (Wildman–Crippen LogP) is 16.2. The van der Waals surface area contributed by atoms with Gasteiger partial charge in [-0.3, -0.25) is 9.59 Å². The van der Waals surface area contributed by atoms with Gasteiger partial charge in [0.1, 0.15) is 24.4 Å². The SMILES string of the molecule is CCCCC/C=C\CCCCCCCC(=O)OCCCCCCCCCCCCCC/C=C\CCCCCCCCCCCCCCCC(=O)NC(COC1OC(CO)C(O)C(O)C1O)C(O)/C=C/CCCCCCCCC. The first-order chi connectivity index (χ1) is 38.2. The Hall–Kier alpha value is -2.12. The zero-order valence-corrected chi connectivity index (χ0v) is 50.6. The number of hydrogen-bond acceptors (Lipinski definition) is 10. The molecule has 0 bridgehead atoms. The second-order valence-electron chi connectivity index (χ2n) is 23.2. The molecule has 0 radical (unpaired) electrons. The molecule has 1 amide bonds. The number of allylic oxidation sites excluding steroid dienone is 5. The molecule has 0 aliphatic carbocycles. The van der Waals surface area contributed by atoms with Crippen molar-refractivity contribution in [1.82, 2.24) is 5.32 Å². The second kappa shape index (κ2) is 56.7. The molecule has 0 saturated carbocycles. The summed E-state index contributed by atoms with van der Waals surface area (Å²) in [5, 5.41) is 54.3. The van der Waals surface area contributed by atoms with E-state index >= 15 is 0 Å². The van der Waals surface area contributed by atoms with Gasteiger partial charge >= 0.3 is 5.97 Å². The van der Waals surface area contributed by atoms with Gasteiger partial charge in [0.2, 0.25) is 5.91 Å². The zero-order chi connectivity index (χ0) is 56.6. The minimum Gasteiger partial charge on any atom is -0.466 e. The number of rotatable bonds is 58. The predicted molar refractivity (Wildman–Crippen MR) is 324 cm³/mol. The average Bonchev–Trinajstić information content (AvgIpc) is 3.45. The first kappa shape index (κ1) is 73.9. The molecule has 1 heterocycles. The van der Waals surface area contributed by atoms with Crippen molar-refractivity contribution in [3.63, 3.8) is 0 Å². The molecule has 0 aromatic rings. The summed E-state index contributed by atoms with van der Waals surface area (Å²) < 4.78 is 16.7. The van der Waals surface area contributed by atoms with E-state index in [0.29, 0.717) is 19.4 Å². The van der Waals surface area contributed by atoms with E-state index in [1.54, 1.807) is 6.08 Å². The summed E-state index contributed by atoms with van der Waals surface area (Å²) in [6.07, 6.45) is 61.4. The number of esters is 1. The molecule has 7 unspecified atom stereocenters. The van der Waals surface area contributed by atoms with Crippen LogP contribution in [0.4, 0.5) is 0 Å². The molecule has 78 heavy (non-hydrogen) atoms. The van der Waals surface area contributed by atoms with E-state index < -0.39 is 49.5 Å². The fourth-order valence-electron chi connectivity index (χ4n) is 10.4. The summed E-state index contributed by atoms with van der Waals surface area (Å²) in [5.74, 6) is -0.185. The van der Waals surface area contributed by atoms with Gasteiger partial charge in [0.05, 0.1) is 32.0 Å². The fraction of sp³-hybridized carbons (Fsp3) is 0.881. The van der Waals surface area contributed by atoms with Crippen molar-refractivity contribution in [1.29, 1.82) is 0 Å². The molecule has 6 N–H and O–H groups in total. The molecule has 1 aliphatic rings. The van der Waals surface area contributed by atoms with Crippen LogP contribution in [0.3, 0.4) is 0 Å². The van der Waals surface area contributed by atoms with Gasteiger partial charge in [0.25, 0.3) is 0 Å². The highest BCUT2D eigenvalue weighted by Crippen LogP contribution is 2.23. The van der Waals surface area contributed by atoms with E-state index in [-0.39, 0.29) is 18.5 Å². The maximum atomic E-state index is 13.0. The van der Waals surface area contributed by atoms with Crippen LogP contribution in [-0.4, -0.2) is 100 Å². The van der Waals surface area contributed by atoms with Crippen molar-refractivity contribution < 1.29 is 49.3 Å². The Morgan fingerprint density at radius 2 is 0.821 bits per heavy atom. The van der Waals surface area contributed by atoms with Gasteiger partial charge in [-0.25, -0.2) is 0 Å². The monoisotopic (exact) mass is 1100 g/mol. The molecular weight excluding hydrogens is 979 g/mol. The van der Waals surface area contributed by atoms with Crippen molar-refractivity contribution in [2.24, 2.45) is 0 Å². The van der Waals surface area contributed by atoms with Crippen LogP contribution in [0.2, 0.25) is 0 Å². The quantitative estimate of drug-likeness (QED) is 0.0195. The third-order valence-corrected chi connectivity index (χ3v) is 15.7. The molecule has 458 valence electrons. The highest BCUT2D eigenvalue weighted by atomic mass is 16.7. The van der Waals surface area contributed by atoms with Gasteiger partial charge in [-0.05, 0) is 83.5 Å². The van der Waals surface area contributed by atoms with Crippen LogP contribution < -0.4 is 5.32 Å². The Labute approximate surface area is 479 Å². The number of carbonyl (C=O) groups is 2. The Balaban J connectivity index is 1.94. The van der Waals surface area contributed by atoms with Crippen LogP contribution in [0.25, 0.3) is 0 Å². The number of carbonyl (C=O) groups excluding carboxylic acids is 2. The molecule has 0 spiro atoms. The Bertz CT molecular complexity index is 1390. The summed E-state index contributed by atoms with van der Waals surface area (Å²) in [6.45, 7) is 4.31. The summed E-state index contributed by atoms with van der Waals surface area (Å²) in [5.41, 5.74) is 0. The smallest absolute Gasteiger partial charge is 0.305 e. The number of ether oxygens (including phenoxy) is 3. The maximum Gasteiger partial charge on any atom is 0.305 e. The highest BCUT2D eigenvalue weighted by Gasteiger charge is 2.44. The molecule has 0 aromatic carbocycles. The molecule has 1 saturated heterocycles. The van der Waals surface area contributed by atoms with Crippen molar-refractivity contribution >= 4 is 11.9 Å². The molecular formula is C67H125NO10. The maximum absolute atomic E-state index is 13.0. The van der Waals surface area contributed by atoms with E-state index in [4.69, 9.17) is 14.2 Å². The fourth-order valence-corrected chi connectivity index (χ4v) is 10.4. The van der Waals surface area contributed by atoms with E-state index in [1.807, 2.05) is 6.08 Å². The average molecular weight is 1100 g/mol. The summed E-state index contributed by atoms with van der Waals surface area (Å²) >= 11 is 0. The van der Waals surface area contributed by atoms with E-state index in [2.05, 4.69) is 43.5 Å². The summed E-state index contributed by atoms with van der Waals surface area (Å²) in [6, 6.07) is -0.808. The molecule has 1 rings (SSSR count). The van der Waals surface area contributed by atoms with Gasteiger partial charge in [-0.15, -0.1) is 0 Å². The topological polar surface area (TPSA) is 175 Å². The second-order valence-corrected chi connectivity index (χ2v) is 23.2. The van der Waals surface area contributed by atoms with Crippen LogP contribution in [0.15, 0.2) is 36.5 Å². The van der Waals surface area contributed by atoms with Crippen molar-refractivity contribution in [2.45, 2.75) is 358 Å². The lowest BCUT2D eigenvalue weighted by atomic mass is 9.99. The standard InChI is InChI=1S/C67H125NO10/c1-3-5-7-9-11-13-14-35-39-43-47-51-55-63(72)76-56-52-48-44-40-36-33-31-29-27-25-23-21-19-17-15-16-18-20-22-24-26-28-30-32-34-38-42-46-50-54-62(71)68-59(60(70)53-49-45-41-37-12-10-8-6-4-2)58-77-67-66(75)65(74)64(73)61(57-69)78-67/h11,13,15,17,49,53,59-61,64-67,69-70,73-75H,3-10,12,14,16,18-48,50-52,54-58H2,1-2H3,(H,68,71)/b13-11-,17-15-,53-49+. The number of unbranched alkanes of at least 4 members (excludes halogenated alkanes) is 40. The van der Waals surface area contributed by atoms with E-state index in [9.17, 15) is 35.1 Å². The van der Waals surface area contributed by atoms with Gasteiger partial charge in [-0.1, -0.05) is 256 Å². The molecule has 1 fully saturated rings. The highest BCUT2D eigenvalue weighted by molar-refractivity contribution is 5.76. The lowest BCUT2D eigenvalue weighted by Gasteiger charge is -2.40. The molecule has 11 heteroatoms. The normalized spacial score (nSPS) is 18.7. The number of aliphatic hydroxyl groups is 5. The first-order valence-electron chi connectivity index (χ1n) is 33.3. The molecule has 1 aliphatic heterocycles. The van der Waals surface area contributed by atoms with Gasteiger partial charge in [-0.2, -0.15) is 0 Å². The van der Waals surface area contributed by atoms with E-state index in [1.165, 1.54) is 231 Å². The van der Waals surface area contributed by atoms with Crippen molar-refractivity contribution in [3.05, 3.63) is 36.5 Å². The first-order valence-corrected chi connectivity index (χ1v) is 33.3. The van der Waals surface area contributed by atoms with Crippen LogP contribution in [0, 0.1) is 0 Å². The lowest BCUT2D eigenvalue weighted by Crippen LogP contribution is -2.60. The van der Waals surface area contributed by atoms with Gasteiger partial charge in [0.15, 0.2) is 6.29 Å². The Morgan fingerprint density at radius 3 is 1.26 bits per heavy atom. The lowest BCUT2D eigenvalue weighted by molar-refractivity contribution is -0.302. The third kappa shape index (κ3) is 45.5. The third-order valence-electron chi connectivity index (χ3n) is 15.7. The van der Waals surface area contributed by atoms with Crippen LogP contribution in [0.5, 0.6) is 0 Å². The Kier molecular flexibility index (Phi) is 53.7. The minimum atomic E-state index is -1.57. The van der Waals surface area contributed by atoms with Crippen molar-refractivity contribution in [3.8, 4) is 0 Å². The summed E-state index contributed by atoms with van der Waals surface area (Å²) in [7, 11) is 0. The van der Waals surface area contributed by atoms with Crippen LogP contribution >= 0.6 is 0 Å². The molecule has 7 atom stereocenters. The number of amides is 1. The summed E-state index contributed by atoms with van der Waals surface area (Å²) in [4.78, 5) is 25.0. The zero-order valence-electron chi connectivity index (χ0n) is 50.6. The van der Waals surface area contributed by atoms with E-state index in [0.717, 1.165) is 57.8 Å².